The molecule has 0 bridgehead atoms. The summed E-state index contributed by atoms with van der Waals surface area (Å²) in [5.41, 5.74) is 9.79. The molecule has 0 fully saturated rings. The van der Waals surface area contributed by atoms with E-state index in [0.717, 1.165) is 47.8 Å². The van der Waals surface area contributed by atoms with Crippen molar-refractivity contribution in [2.24, 2.45) is 5.73 Å². The van der Waals surface area contributed by atoms with Gasteiger partial charge in [-0.2, -0.15) is 0 Å². The van der Waals surface area contributed by atoms with Crippen LogP contribution in [0.25, 0.3) is 22.2 Å². The van der Waals surface area contributed by atoms with Crippen molar-refractivity contribution in [3.8, 4) is 11.3 Å². The Morgan fingerprint density at radius 2 is 1.76 bits per heavy atom. The molecule has 0 spiro atoms. The van der Waals surface area contributed by atoms with Crippen molar-refractivity contribution >= 4 is 16.6 Å². The summed E-state index contributed by atoms with van der Waals surface area (Å²) in [5.74, 6) is -1.12. The molecule has 1 aromatic heterocycles. The summed E-state index contributed by atoms with van der Waals surface area (Å²) in [7, 11) is 3.96. The monoisotopic (exact) mass is 343 g/mol. The van der Waals surface area contributed by atoms with Crippen LogP contribution >= 0.6 is 0 Å². The van der Waals surface area contributed by atoms with E-state index in [1.54, 1.807) is 0 Å². The van der Waals surface area contributed by atoms with Gasteiger partial charge in [-0.3, -0.25) is 0 Å². The molecule has 1 heterocycles. The molecule has 3 rings (SSSR count). The maximum Gasteiger partial charge on any atom is 0.150 e. The molecule has 0 saturated carbocycles. The number of hydrogen-bond donors (Lipinski definition) is 2. The number of anilines is 1. The van der Waals surface area contributed by atoms with E-state index in [1.165, 1.54) is 6.07 Å². The fourth-order valence-electron chi connectivity index (χ4n) is 3.15. The number of rotatable bonds is 6. The van der Waals surface area contributed by atoms with Gasteiger partial charge in [0.2, 0.25) is 0 Å². The number of fused-ring (bicyclic) bond motifs is 1. The molecule has 0 radical (unpaired) electrons. The standard InChI is InChI=1S/C20H23F2N3/c1-25(2)15-8-6-13(7-9-15)19-16(5-3-4-10-23)17-11-14(21)12-18(22)20(17)24-19/h6-9,11-12,24H,3-5,10,23H2,1-2H3. The van der Waals surface area contributed by atoms with Crippen LogP contribution in [-0.2, 0) is 6.42 Å². The number of aromatic nitrogens is 1. The number of halogens is 2. The van der Waals surface area contributed by atoms with Gasteiger partial charge in [0, 0.05) is 36.9 Å². The first-order valence-corrected chi connectivity index (χ1v) is 8.48. The minimum atomic E-state index is -0.564. The molecule has 3 N–H and O–H groups in total. The summed E-state index contributed by atoms with van der Waals surface area (Å²) in [6.07, 6.45) is 2.48. The Morgan fingerprint density at radius 1 is 1.04 bits per heavy atom. The van der Waals surface area contributed by atoms with E-state index in [-0.39, 0.29) is 0 Å². The normalized spacial score (nSPS) is 11.2. The van der Waals surface area contributed by atoms with Gasteiger partial charge in [0.05, 0.1) is 5.52 Å². The van der Waals surface area contributed by atoms with E-state index in [9.17, 15) is 8.78 Å². The SMILES string of the molecule is CN(C)c1ccc(-c2[nH]c3c(F)cc(F)cc3c2CCCCN)cc1. The molecule has 5 heteroatoms. The second-order valence-electron chi connectivity index (χ2n) is 6.48. The first-order chi connectivity index (χ1) is 12.0. The van der Waals surface area contributed by atoms with E-state index in [4.69, 9.17) is 5.73 Å². The number of benzene rings is 2. The predicted molar refractivity (Wildman–Crippen MR) is 100.0 cm³/mol. The minimum absolute atomic E-state index is 0.357. The molecule has 25 heavy (non-hydrogen) atoms. The number of hydrogen-bond acceptors (Lipinski definition) is 2. The van der Waals surface area contributed by atoms with Crippen molar-refractivity contribution in [3.63, 3.8) is 0 Å². The van der Waals surface area contributed by atoms with Crippen molar-refractivity contribution in [2.75, 3.05) is 25.5 Å². The van der Waals surface area contributed by atoms with E-state index in [2.05, 4.69) is 4.98 Å². The summed E-state index contributed by atoms with van der Waals surface area (Å²) >= 11 is 0. The molecule has 0 unspecified atom stereocenters. The van der Waals surface area contributed by atoms with Crippen LogP contribution in [0.4, 0.5) is 14.5 Å². The second kappa shape index (κ2) is 7.23. The Hall–Kier alpha value is -2.40. The highest BCUT2D eigenvalue weighted by Gasteiger charge is 2.17. The number of unbranched alkanes of at least 4 members (excludes halogenated alkanes) is 1. The lowest BCUT2D eigenvalue weighted by molar-refractivity contribution is 0.591. The van der Waals surface area contributed by atoms with Crippen LogP contribution < -0.4 is 10.6 Å². The smallest absolute Gasteiger partial charge is 0.150 e. The first-order valence-electron chi connectivity index (χ1n) is 8.48. The number of H-pyrrole nitrogens is 1. The fraction of sp³-hybridized carbons (Fsp3) is 0.300. The minimum Gasteiger partial charge on any atom is -0.378 e. The van der Waals surface area contributed by atoms with Crippen LogP contribution in [0.3, 0.4) is 0 Å². The van der Waals surface area contributed by atoms with Crippen molar-refractivity contribution < 1.29 is 8.78 Å². The molecule has 0 aliphatic rings. The average Bonchev–Trinajstić information content (AvgIpc) is 2.94. The molecular weight excluding hydrogens is 320 g/mol. The molecule has 0 aliphatic carbocycles. The summed E-state index contributed by atoms with van der Waals surface area (Å²) < 4.78 is 28.0. The molecule has 0 amide bonds. The van der Waals surface area contributed by atoms with Crippen LogP contribution in [-0.4, -0.2) is 25.6 Å². The molecule has 0 atom stereocenters. The van der Waals surface area contributed by atoms with Gasteiger partial charge >= 0.3 is 0 Å². The fourth-order valence-corrected chi connectivity index (χ4v) is 3.15. The molecule has 2 aromatic carbocycles. The predicted octanol–water partition coefficient (Wildman–Crippen LogP) is 4.46. The highest BCUT2D eigenvalue weighted by Crippen LogP contribution is 2.34. The van der Waals surface area contributed by atoms with Gasteiger partial charge in [-0.05, 0) is 55.1 Å². The summed E-state index contributed by atoms with van der Waals surface area (Å²) in [6.45, 7) is 0.609. The van der Waals surface area contributed by atoms with Crippen LogP contribution in [0, 0.1) is 11.6 Å². The maximum absolute atomic E-state index is 14.2. The summed E-state index contributed by atoms with van der Waals surface area (Å²) in [6, 6.07) is 10.4. The third kappa shape index (κ3) is 3.51. The Kier molecular flexibility index (Phi) is 5.04. The summed E-state index contributed by atoms with van der Waals surface area (Å²) in [4.78, 5) is 5.19. The van der Waals surface area contributed by atoms with Crippen LogP contribution in [0.5, 0.6) is 0 Å². The van der Waals surface area contributed by atoms with Gasteiger partial charge < -0.3 is 15.6 Å². The molecule has 3 aromatic rings. The largest absolute Gasteiger partial charge is 0.378 e. The van der Waals surface area contributed by atoms with E-state index < -0.39 is 11.6 Å². The number of aromatic amines is 1. The van der Waals surface area contributed by atoms with Gasteiger partial charge in [0.25, 0.3) is 0 Å². The van der Waals surface area contributed by atoms with Crippen molar-refractivity contribution in [1.29, 1.82) is 0 Å². The Balaban J connectivity index is 2.12. The zero-order valence-electron chi connectivity index (χ0n) is 14.6. The number of aryl methyl sites for hydroxylation is 1. The van der Waals surface area contributed by atoms with E-state index in [0.29, 0.717) is 17.4 Å². The third-order valence-corrected chi connectivity index (χ3v) is 4.49. The molecule has 132 valence electrons. The highest BCUT2D eigenvalue weighted by atomic mass is 19.1. The second-order valence-corrected chi connectivity index (χ2v) is 6.48. The van der Waals surface area contributed by atoms with Crippen LogP contribution in [0.1, 0.15) is 18.4 Å². The zero-order valence-corrected chi connectivity index (χ0v) is 14.6. The third-order valence-electron chi connectivity index (χ3n) is 4.49. The van der Waals surface area contributed by atoms with Crippen molar-refractivity contribution in [2.45, 2.75) is 19.3 Å². The molecule has 0 aliphatic heterocycles. The Labute approximate surface area is 146 Å². The Bertz CT molecular complexity index is 867. The van der Waals surface area contributed by atoms with Gasteiger partial charge in [0.1, 0.15) is 11.6 Å². The topological polar surface area (TPSA) is 45.0 Å². The molecule has 3 nitrogen and oxygen atoms in total. The highest BCUT2D eigenvalue weighted by molar-refractivity contribution is 5.91. The number of nitrogens with zero attached hydrogens (tertiary/aromatic N) is 1. The van der Waals surface area contributed by atoms with Crippen molar-refractivity contribution in [3.05, 3.63) is 53.6 Å². The zero-order chi connectivity index (χ0) is 18.0. The van der Waals surface area contributed by atoms with E-state index in [1.807, 2.05) is 43.3 Å². The number of nitrogens with one attached hydrogen (secondary N) is 1. The quantitative estimate of drug-likeness (QED) is 0.649. The molecule has 0 saturated heterocycles. The van der Waals surface area contributed by atoms with Crippen LogP contribution in [0.15, 0.2) is 36.4 Å². The first kappa shape index (κ1) is 17.4. The maximum atomic E-state index is 14.2. The van der Waals surface area contributed by atoms with Crippen LogP contribution in [0.2, 0.25) is 0 Å². The van der Waals surface area contributed by atoms with Gasteiger partial charge in [0.15, 0.2) is 0 Å². The number of nitrogens with two attached hydrogens (primary N) is 1. The lowest BCUT2D eigenvalue weighted by Crippen LogP contribution is -2.07. The van der Waals surface area contributed by atoms with Crippen molar-refractivity contribution in [1.82, 2.24) is 4.98 Å². The summed E-state index contributed by atoms with van der Waals surface area (Å²) in [5, 5.41) is 0.612. The van der Waals surface area contributed by atoms with Gasteiger partial charge in [-0.15, -0.1) is 0 Å². The van der Waals surface area contributed by atoms with Gasteiger partial charge in [-0.25, -0.2) is 8.78 Å². The van der Waals surface area contributed by atoms with Gasteiger partial charge in [-0.1, -0.05) is 12.1 Å². The molecular formula is C20H23F2N3. The lowest BCUT2D eigenvalue weighted by Gasteiger charge is -2.13. The lowest BCUT2D eigenvalue weighted by atomic mass is 10.00. The van der Waals surface area contributed by atoms with E-state index >= 15 is 0 Å². The Morgan fingerprint density at radius 3 is 2.40 bits per heavy atom. The average molecular weight is 343 g/mol.